The van der Waals surface area contributed by atoms with Gasteiger partial charge in [0, 0.05) is 12.6 Å². The van der Waals surface area contributed by atoms with E-state index in [1.807, 2.05) is 6.07 Å². The molecule has 0 aliphatic rings. The van der Waals surface area contributed by atoms with E-state index in [2.05, 4.69) is 29.1 Å². The summed E-state index contributed by atoms with van der Waals surface area (Å²) in [6.45, 7) is 5.95. The van der Waals surface area contributed by atoms with Crippen molar-refractivity contribution in [2.75, 3.05) is 24.2 Å². The van der Waals surface area contributed by atoms with Crippen molar-refractivity contribution in [1.29, 1.82) is 0 Å². The minimum absolute atomic E-state index is 0.259. The maximum absolute atomic E-state index is 5.71. The largest absolute Gasteiger partial charge is 0.477 e. The Balaban J connectivity index is 2.27. The molecule has 1 aromatic heterocycles. The smallest absolute Gasteiger partial charge is 0.225 e. The van der Waals surface area contributed by atoms with Crippen molar-refractivity contribution in [1.82, 2.24) is 9.97 Å². The molecule has 0 radical (unpaired) electrons. The second-order valence-corrected chi connectivity index (χ2v) is 5.35. The Labute approximate surface area is 128 Å². The van der Waals surface area contributed by atoms with Crippen LogP contribution in [0.5, 0.6) is 5.88 Å². The molecular weight excluding hydrogens is 264 g/mol. The molecule has 0 fully saturated rings. The summed E-state index contributed by atoms with van der Waals surface area (Å²) in [5.41, 5.74) is 5.71. The quantitative estimate of drug-likeness (QED) is 0.570. The number of anilines is 2. The van der Waals surface area contributed by atoms with Gasteiger partial charge in [-0.05, 0) is 12.8 Å². The first-order valence-corrected chi connectivity index (χ1v) is 8.27. The van der Waals surface area contributed by atoms with Gasteiger partial charge in [-0.1, -0.05) is 52.4 Å². The minimum atomic E-state index is 0.259. The van der Waals surface area contributed by atoms with E-state index < -0.39 is 0 Å². The van der Waals surface area contributed by atoms with Crippen molar-refractivity contribution in [2.24, 2.45) is 0 Å². The van der Waals surface area contributed by atoms with Crippen LogP contribution in [-0.4, -0.2) is 23.1 Å². The molecule has 0 bridgehead atoms. The van der Waals surface area contributed by atoms with E-state index in [9.17, 15) is 0 Å². The molecule has 5 heteroatoms. The molecule has 0 unspecified atom stereocenters. The van der Waals surface area contributed by atoms with Gasteiger partial charge in [-0.3, -0.25) is 0 Å². The molecule has 21 heavy (non-hydrogen) atoms. The summed E-state index contributed by atoms with van der Waals surface area (Å²) < 4.78 is 5.57. The Bertz CT molecular complexity index is 385. The fourth-order valence-electron chi connectivity index (χ4n) is 2.05. The van der Waals surface area contributed by atoms with Gasteiger partial charge in [-0.15, -0.1) is 0 Å². The third-order valence-electron chi connectivity index (χ3n) is 3.30. The molecule has 1 aromatic rings. The zero-order valence-electron chi connectivity index (χ0n) is 13.5. The summed E-state index contributed by atoms with van der Waals surface area (Å²) in [6, 6.07) is 1.82. The van der Waals surface area contributed by atoms with Gasteiger partial charge in [0.15, 0.2) is 0 Å². The summed E-state index contributed by atoms with van der Waals surface area (Å²) in [5.74, 6) is 1.57. The Kier molecular flexibility index (Phi) is 9.33. The van der Waals surface area contributed by atoms with E-state index in [-0.39, 0.29) is 5.95 Å². The van der Waals surface area contributed by atoms with Gasteiger partial charge in [-0.2, -0.15) is 9.97 Å². The van der Waals surface area contributed by atoms with E-state index in [1.54, 1.807) is 0 Å². The molecule has 0 saturated heterocycles. The van der Waals surface area contributed by atoms with E-state index in [0.717, 1.165) is 31.6 Å². The Morgan fingerprint density at radius 3 is 2.48 bits per heavy atom. The van der Waals surface area contributed by atoms with Crippen molar-refractivity contribution >= 4 is 11.8 Å². The van der Waals surface area contributed by atoms with Crippen LogP contribution in [-0.2, 0) is 0 Å². The lowest BCUT2D eigenvalue weighted by Crippen LogP contribution is -2.08. The highest BCUT2D eigenvalue weighted by molar-refractivity contribution is 5.42. The standard InChI is InChI=1S/C16H30N4O/c1-3-5-7-8-9-10-11-18-14-13-15(20-16(17)19-14)21-12-6-4-2/h13H,3-12H2,1-2H3,(H3,17,18,19,20). The summed E-state index contributed by atoms with van der Waals surface area (Å²) in [6.07, 6.45) is 9.81. The maximum Gasteiger partial charge on any atom is 0.225 e. The normalized spacial score (nSPS) is 10.6. The second-order valence-electron chi connectivity index (χ2n) is 5.35. The van der Waals surface area contributed by atoms with Crippen LogP contribution in [0.3, 0.4) is 0 Å². The van der Waals surface area contributed by atoms with Crippen molar-refractivity contribution in [3.8, 4) is 5.88 Å². The zero-order chi connectivity index (χ0) is 15.3. The van der Waals surface area contributed by atoms with E-state index in [1.165, 1.54) is 32.1 Å². The third-order valence-corrected chi connectivity index (χ3v) is 3.30. The van der Waals surface area contributed by atoms with Crippen LogP contribution in [0.2, 0.25) is 0 Å². The number of ether oxygens (including phenoxy) is 1. The first-order chi connectivity index (χ1) is 10.3. The molecule has 3 N–H and O–H groups in total. The predicted octanol–water partition coefficient (Wildman–Crippen LogP) is 4.01. The SMILES string of the molecule is CCCCCCCCNc1cc(OCCCC)nc(N)n1. The number of rotatable bonds is 12. The monoisotopic (exact) mass is 294 g/mol. The average Bonchev–Trinajstić information content (AvgIpc) is 2.46. The van der Waals surface area contributed by atoms with Gasteiger partial charge in [-0.25, -0.2) is 0 Å². The number of nitrogen functional groups attached to an aromatic ring is 1. The Morgan fingerprint density at radius 2 is 1.71 bits per heavy atom. The van der Waals surface area contributed by atoms with Crippen LogP contribution in [0.4, 0.5) is 11.8 Å². The Morgan fingerprint density at radius 1 is 1.00 bits per heavy atom. The van der Waals surface area contributed by atoms with Gasteiger partial charge in [0.25, 0.3) is 0 Å². The molecular formula is C16H30N4O. The lowest BCUT2D eigenvalue weighted by Gasteiger charge is -2.09. The van der Waals surface area contributed by atoms with Crippen LogP contribution in [0.15, 0.2) is 6.07 Å². The number of unbranched alkanes of at least 4 members (excludes halogenated alkanes) is 6. The third kappa shape index (κ3) is 8.38. The number of hydrogen-bond donors (Lipinski definition) is 2. The first-order valence-electron chi connectivity index (χ1n) is 8.27. The van der Waals surface area contributed by atoms with E-state index in [4.69, 9.17) is 10.5 Å². The van der Waals surface area contributed by atoms with Crippen LogP contribution < -0.4 is 15.8 Å². The van der Waals surface area contributed by atoms with Crippen LogP contribution in [0.25, 0.3) is 0 Å². The van der Waals surface area contributed by atoms with Gasteiger partial charge in [0.1, 0.15) is 5.82 Å². The molecule has 0 amide bonds. The number of aromatic nitrogens is 2. The van der Waals surface area contributed by atoms with Gasteiger partial charge < -0.3 is 15.8 Å². The molecule has 1 heterocycles. The van der Waals surface area contributed by atoms with Gasteiger partial charge >= 0.3 is 0 Å². The molecule has 120 valence electrons. The molecule has 5 nitrogen and oxygen atoms in total. The number of nitrogens with zero attached hydrogens (tertiary/aromatic N) is 2. The van der Waals surface area contributed by atoms with Crippen molar-refractivity contribution in [3.63, 3.8) is 0 Å². The summed E-state index contributed by atoms with van der Waals surface area (Å²) in [5, 5.41) is 3.30. The lowest BCUT2D eigenvalue weighted by molar-refractivity contribution is 0.298. The highest BCUT2D eigenvalue weighted by Crippen LogP contribution is 2.15. The number of hydrogen-bond acceptors (Lipinski definition) is 5. The van der Waals surface area contributed by atoms with E-state index >= 15 is 0 Å². The zero-order valence-corrected chi connectivity index (χ0v) is 13.5. The van der Waals surface area contributed by atoms with Crippen molar-refractivity contribution in [2.45, 2.75) is 65.2 Å². The topological polar surface area (TPSA) is 73.1 Å². The van der Waals surface area contributed by atoms with Crippen LogP contribution in [0.1, 0.15) is 65.2 Å². The molecule has 0 aliphatic carbocycles. The van der Waals surface area contributed by atoms with Crippen molar-refractivity contribution < 1.29 is 4.74 Å². The number of nitrogens with one attached hydrogen (secondary N) is 1. The fourth-order valence-corrected chi connectivity index (χ4v) is 2.05. The molecule has 0 saturated carbocycles. The predicted molar refractivity (Wildman–Crippen MR) is 88.7 cm³/mol. The Hall–Kier alpha value is -1.52. The second kappa shape index (κ2) is 11.2. The maximum atomic E-state index is 5.71. The highest BCUT2D eigenvalue weighted by atomic mass is 16.5. The minimum Gasteiger partial charge on any atom is -0.477 e. The molecule has 0 aliphatic heterocycles. The highest BCUT2D eigenvalue weighted by Gasteiger charge is 2.03. The molecule has 0 spiro atoms. The summed E-state index contributed by atoms with van der Waals surface area (Å²) >= 11 is 0. The van der Waals surface area contributed by atoms with Gasteiger partial charge in [0.05, 0.1) is 6.61 Å². The van der Waals surface area contributed by atoms with Crippen LogP contribution in [0, 0.1) is 0 Å². The first kappa shape index (κ1) is 17.5. The number of nitrogens with two attached hydrogens (primary N) is 1. The lowest BCUT2D eigenvalue weighted by atomic mass is 10.1. The molecule has 0 aromatic carbocycles. The average molecular weight is 294 g/mol. The summed E-state index contributed by atoms with van der Waals surface area (Å²) in [4.78, 5) is 8.27. The summed E-state index contributed by atoms with van der Waals surface area (Å²) in [7, 11) is 0. The molecule has 0 atom stereocenters. The van der Waals surface area contributed by atoms with Crippen molar-refractivity contribution in [3.05, 3.63) is 6.07 Å². The van der Waals surface area contributed by atoms with E-state index in [0.29, 0.717) is 12.5 Å². The fraction of sp³-hybridized carbons (Fsp3) is 0.750. The van der Waals surface area contributed by atoms with Crippen LogP contribution >= 0.6 is 0 Å². The van der Waals surface area contributed by atoms with Gasteiger partial charge in [0.2, 0.25) is 11.8 Å². The molecule has 1 rings (SSSR count).